The Morgan fingerprint density at radius 3 is 2.76 bits per heavy atom. The normalized spacial score (nSPS) is 10.2. The fourth-order valence-corrected chi connectivity index (χ4v) is 1.74. The monoisotopic (exact) mass is 296 g/mol. The van der Waals surface area contributed by atoms with Crippen molar-refractivity contribution in [2.75, 3.05) is 5.73 Å². The number of aromatic nitrogens is 1. The molecule has 0 amide bonds. The number of nitrogen functional groups attached to an aromatic ring is 1. The number of benzene rings is 1. The predicted molar refractivity (Wildman–Crippen MR) is 67.1 cm³/mol. The number of hydrogen-bond acceptors (Lipinski definition) is 3. The summed E-state index contributed by atoms with van der Waals surface area (Å²) in [4.78, 5) is 3.95. The standard InChI is InChI=1S/C12H10BrFN2O/c13-10-5-9(14)2-3-11(10)17-7-8-1-4-12(15)16-6-8/h1-6H,7H2,(H2,15,16). The molecule has 0 aliphatic heterocycles. The van der Waals surface area contributed by atoms with Crippen molar-refractivity contribution in [3.8, 4) is 5.75 Å². The van der Waals surface area contributed by atoms with Crippen molar-refractivity contribution in [2.45, 2.75) is 6.61 Å². The third kappa shape index (κ3) is 3.17. The van der Waals surface area contributed by atoms with Gasteiger partial charge in [-0.2, -0.15) is 0 Å². The molecule has 1 aromatic heterocycles. The van der Waals surface area contributed by atoms with Gasteiger partial charge in [0.15, 0.2) is 0 Å². The van der Waals surface area contributed by atoms with E-state index in [0.717, 1.165) is 5.56 Å². The van der Waals surface area contributed by atoms with E-state index < -0.39 is 0 Å². The summed E-state index contributed by atoms with van der Waals surface area (Å²) in [6, 6.07) is 7.82. The molecule has 3 nitrogen and oxygen atoms in total. The molecule has 0 saturated heterocycles. The quantitative estimate of drug-likeness (QED) is 0.946. The van der Waals surface area contributed by atoms with E-state index in [1.54, 1.807) is 18.3 Å². The predicted octanol–water partition coefficient (Wildman–Crippen LogP) is 3.14. The number of nitrogens with zero attached hydrogens (tertiary/aromatic N) is 1. The lowest BCUT2D eigenvalue weighted by Crippen LogP contribution is -1.98. The largest absolute Gasteiger partial charge is 0.488 e. The zero-order valence-electron chi connectivity index (χ0n) is 8.86. The molecule has 0 aliphatic rings. The zero-order valence-corrected chi connectivity index (χ0v) is 10.4. The second kappa shape index (κ2) is 5.14. The highest BCUT2D eigenvalue weighted by Crippen LogP contribution is 2.26. The first kappa shape index (κ1) is 11.9. The minimum absolute atomic E-state index is 0.307. The molecule has 0 aliphatic carbocycles. The first-order chi connectivity index (χ1) is 8.15. The summed E-state index contributed by atoms with van der Waals surface area (Å²) in [6.07, 6.45) is 1.65. The molecule has 5 heteroatoms. The first-order valence-corrected chi connectivity index (χ1v) is 5.73. The summed E-state index contributed by atoms with van der Waals surface area (Å²) in [5.74, 6) is 0.748. The Morgan fingerprint density at radius 1 is 1.29 bits per heavy atom. The number of rotatable bonds is 3. The molecule has 88 valence electrons. The van der Waals surface area contributed by atoms with Gasteiger partial charge in [0.25, 0.3) is 0 Å². The number of nitrogens with two attached hydrogens (primary N) is 1. The molecule has 2 aromatic rings. The van der Waals surface area contributed by atoms with Crippen LogP contribution in [-0.4, -0.2) is 4.98 Å². The zero-order chi connectivity index (χ0) is 12.3. The van der Waals surface area contributed by atoms with Gasteiger partial charge < -0.3 is 10.5 Å². The molecule has 2 N–H and O–H groups in total. The fraction of sp³-hybridized carbons (Fsp3) is 0.0833. The van der Waals surface area contributed by atoms with Gasteiger partial charge in [-0.15, -0.1) is 0 Å². The van der Waals surface area contributed by atoms with Crippen molar-refractivity contribution in [1.82, 2.24) is 4.98 Å². The number of hydrogen-bond donors (Lipinski definition) is 1. The van der Waals surface area contributed by atoms with E-state index in [2.05, 4.69) is 20.9 Å². The number of ether oxygens (including phenoxy) is 1. The Hall–Kier alpha value is -1.62. The van der Waals surface area contributed by atoms with Gasteiger partial charge in [0.05, 0.1) is 4.47 Å². The van der Waals surface area contributed by atoms with Crippen molar-refractivity contribution in [3.63, 3.8) is 0 Å². The molecule has 0 unspecified atom stereocenters. The Kier molecular flexibility index (Phi) is 3.58. The molecule has 1 heterocycles. The van der Waals surface area contributed by atoms with Crippen LogP contribution in [0.5, 0.6) is 5.75 Å². The highest BCUT2D eigenvalue weighted by atomic mass is 79.9. The highest BCUT2D eigenvalue weighted by molar-refractivity contribution is 9.10. The lowest BCUT2D eigenvalue weighted by atomic mass is 10.3. The molecule has 0 fully saturated rings. The maximum atomic E-state index is 12.8. The maximum Gasteiger partial charge on any atom is 0.134 e. The smallest absolute Gasteiger partial charge is 0.134 e. The lowest BCUT2D eigenvalue weighted by Gasteiger charge is -2.08. The van der Waals surface area contributed by atoms with Crippen LogP contribution in [0.25, 0.3) is 0 Å². The molecular weight excluding hydrogens is 287 g/mol. The highest BCUT2D eigenvalue weighted by Gasteiger charge is 2.03. The van der Waals surface area contributed by atoms with Crippen LogP contribution in [-0.2, 0) is 6.61 Å². The molecule has 0 atom stereocenters. The summed E-state index contributed by atoms with van der Waals surface area (Å²) in [5, 5.41) is 0. The second-order valence-corrected chi connectivity index (χ2v) is 4.31. The minimum Gasteiger partial charge on any atom is -0.488 e. The van der Waals surface area contributed by atoms with Crippen LogP contribution in [0.15, 0.2) is 41.0 Å². The van der Waals surface area contributed by atoms with Crippen LogP contribution in [0.2, 0.25) is 0 Å². The van der Waals surface area contributed by atoms with E-state index in [-0.39, 0.29) is 5.82 Å². The Labute approximate surface area is 107 Å². The molecule has 0 radical (unpaired) electrons. The first-order valence-electron chi connectivity index (χ1n) is 4.93. The SMILES string of the molecule is Nc1ccc(COc2ccc(F)cc2Br)cn1. The van der Waals surface area contributed by atoms with Crippen LogP contribution in [0.4, 0.5) is 10.2 Å². The average molecular weight is 297 g/mol. The number of anilines is 1. The van der Waals surface area contributed by atoms with Crippen LogP contribution >= 0.6 is 15.9 Å². The van der Waals surface area contributed by atoms with Crippen LogP contribution < -0.4 is 10.5 Å². The van der Waals surface area contributed by atoms with Crippen molar-refractivity contribution >= 4 is 21.7 Å². The molecule has 2 rings (SSSR count). The van der Waals surface area contributed by atoms with Crippen molar-refractivity contribution < 1.29 is 9.13 Å². The Balaban J connectivity index is 2.04. The van der Waals surface area contributed by atoms with Crippen molar-refractivity contribution in [3.05, 3.63) is 52.4 Å². The molecule has 0 saturated carbocycles. The van der Waals surface area contributed by atoms with Gasteiger partial charge in [0.2, 0.25) is 0 Å². The number of pyridine rings is 1. The third-order valence-corrected chi connectivity index (χ3v) is 2.76. The van der Waals surface area contributed by atoms with E-state index in [9.17, 15) is 4.39 Å². The van der Waals surface area contributed by atoms with Crippen LogP contribution in [0, 0.1) is 5.82 Å². The van der Waals surface area contributed by atoms with E-state index in [4.69, 9.17) is 10.5 Å². The summed E-state index contributed by atoms with van der Waals surface area (Å²) < 4.78 is 19.0. The second-order valence-electron chi connectivity index (χ2n) is 3.45. The van der Waals surface area contributed by atoms with Crippen LogP contribution in [0.3, 0.4) is 0 Å². The van der Waals surface area contributed by atoms with Gasteiger partial charge in [-0.1, -0.05) is 6.07 Å². The summed E-state index contributed by atoms with van der Waals surface area (Å²) in [6.45, 7) is 0.359. The van der Waals surface area contributed by atoms with E-state index in [0.29, 0.717) is 22.6 Å². The van der Waals surface area contributed by atoms with Crippen molar-refractivity contribution in [1.29, 1.82) is 0 Å². The van der Waals surface area contributed by atoms with Gasteiger partial charge in [0.1, 0.15) is 24.0 Å². The number of halogens is 2. The summed E-state index contributed by atoms with van der Waals surface area (Å²) >= 11 is 3.23. The summed E-state index contributed by atoms with van der Waals surface area (Å²) in [7, 11) is 0. The van der Waals surface area contributed by atoms with Crippen LogP contribution in [0.1, 0.15) is 5.56 Å². The van der Waals surface area contributed by atoms with Gasteiger partial charge in [-0.3, -0.25) is 0 Å². The van der Waals surface area contributed by atoms with E-state index in [1.165, 1.54) is 12.1 Å². The lowest BCUT2D eigenvalue weighted by molar-refractivity contribution is 0.303. The van der Waals surface area contributed by atoms with Gasteiger partial charge in [0, 0.05) is 11.8 Å². The molecule has 0 spiro atoms. The molecular formula is C12H10BrFN2O. The third-order valence-electron chi connectivity index (χ3n) is 2.14. The maximum absolute atomic E-state index is 12.8. The topological polar surface area (TPSA) is 48.1 Å². The van der Waals surface area contributed by atoms with Gasteiger partial charge >= 0.3 is 0 Å². The van der Waals surface area contributed by atoms with E-state index >= 15 is 0 Å². The van der Waals surface area contributed by atoms with Gasteiger partial charge in [-0.05, 0) is 40.2 Å². The average Bonchev–Trinajstić information content (AvgIpc) is 2.30. The summed E-state index contributed by atoms with van der Waals surface area (Å²) in [5.41, 5.74) is 6.37. The van der Waals surface area contributed by atoms with Gasteiger partial charge in [-0.25, -0.2) is 9.37 Å². The molecule has 1 aromatic carbocycles. The Bertz CT molecular complexity index is 516. The molecule has 0 bridgehead atoms. The molecule has 17 heavy (non-hydrogen) atoms. The minimum atomic E-state index is -0.307. The van der Waals surface area contributed by atoms with E-state index in [1.807, 2.05) is 6.07 Å². The Morgan fingerprint density at radius 2 is 2.12 bits per heavy atom. The fourth-order valence-electron chi connectivity index (χ4n) is 1.27. The van der Waals surface area contributed by atoms with Crippen molar-refractivity contribution in [2.24, 2.45) is 0 Å².